The summed E-state index contributed by atoms with van der Waals surface area (Å²) in [6.45, 7) is 16.0. The van der Waals surface area contributed by atoms with E-state index in [-0.39, 0.29) is 0 Å². The molecule has 2 nitrogen and oxygen atoms in total. The Bertz CT molecular complexity index is 157. The molecule has 0 rings (SSSR count). The monoisotopic (exact) mass is 214 g/mol. The van der Waals surface area contributed by atoms with E-state index in [0.29, 0.717) is 5.41 Å². The van der Waals surface area contributed by atoms with Crippen LogP contribution in [0.1, 0.15) is 41.0 Å². The number of hydrogen-bond donors (Lipinski definition) is 1. The molecule has 0 heterocycles. The van der Waals surface area contributed by atoms with Crippen LogP contribution in [-0.2, 0) is 0 Å². The molecule has 0 aliphatic rings. The standard InChI is InChI=1S/C13H30N2/c1-7-13(5,10-14-8-2)11-15(6)9-12(3)4/h12,14H,7-11H2,1-6H3. The van der Waals surface area contributed by atoms with E-state index in [4.69, 9.17) is 0 Å². The highest BCUT2D eigenvalue weighted by atomic mass is 15.1. The Morgan fingerprint density at radius 2 is 1.87 bits per heavy atom. The Morgan fingerprint density at radius 3 is 2.27 bits per heavy atom. The first-order valence-corrected chi connectivity index (χ1v) is 6.32. The van der Waals surface area contributed by atoms with Crippen LogP contribution in [0.25, 0.3) is 0 Å². The minimum Gasteiger partial charge on any atom is -0.316 e. The van der Waals surface area contributed by atoms with Gasteiger partial charge in [0.05, 0.1) is 0 Å². The minimum atomic E-state index is 0.416. The molecule has 0 saturated heterocycles. The van der Waals surface area contributed by atoms with E-state index in [0.717, 1.165) is 19.0 Å². The van der Waals surface area contributed by atoms with Crippen molar-refractivity contribution < 1.29 is 0 Å². The minimum absolute atomic E-state index is 0.416. The smallest absolute Gasteiger partial charge is 0.00444 e. The molecule has 1 unspecified atom stereocenters. The average Bonchev–Trinajstić information content (AvgIpc) is 2.13. The summed E-state index contributed by atoms with van der Waals surface area (Å²) in [5.74, 6) is 0.759. The van der Waals surface area contributed by atoms with Gasteiger partial charge in [-0.05, 0) is 31.3 Å². The maximum atomic E-state index is 3.47. The number of rotatable bonds is 8. The van der Waals surface area contributed by atoms with Crippen LogP contribution in [0.3, 0.4) is 0 Å². The summed E-state index contributed by atoms with van der Waals surface area (Å²) < 4.78 is 0. The van der Waals surface area contributed by atoms with Crippen molar-refractivity contribution >= 4 is 0 Å². The van der Waals surface area contributed by atoms with Gasteiger partial charge in [0.15, 0.2) is 0 Å². The van der Waals surface area contributed by atoms with E-state index in [1.807, 2.05) is 0 Å². The number of nitrogens with one attached hydrogen (secondary N) is 1. The lowest BCUT2D eigenvalue weighted by molar-refractivity contribution is 0.169. The third-order valence-corrected chi connectivity index (χ3v) is 2.98. The molecule has 0 radical (unpaired) electrons. The molecular formula is C13H30N2. The van der Waals surface area contributed by atoms with Crippen LogP contribution < -0.4 is 5.32 Å². The molecule has 0 aromatic carbocycles. The van der Waals surface area contributed by atoms with Crippen molar-refractivity contribution in [2.24, 2.45) is 11.3 Å². The van der Waals surface area contributed by atoms with Crippen LogP contribution >= 0.6 is 0 Å². The Labute approximate surface area is 96.4 Å². The van der Waals surface area contributed by atoms with Gasteiger partial charge in [-0.1, -0.05) is 34.6 Å². The molecule has 1 atom stereocenters. The van der Waals surface area contributed by atoms with Crippen molar-refractivity contribution in [1.82, 2.24) is 10.2 Å². The highest BCUT2D eigenvalue weighted by Gasteiger charge is 2.23. The van der Waals surface area contributed by atoms with Crippen LogP contribution in [0.4, 0.5) is 0 Å². The van der Waals surface area contributed by atoms with Gasteiger partial charge in [-0.25, -0.2) is 0 Å². The summed E-state index contributed by atoms with van der Waals surface area (Å²) in [5, 5.41) is 3.47. The predicted octanol–water partition coefficient (Wildman–Crippen LogP) is 2.60. The van der Waals surface area contributed by atoms with Gasteiger partial charge in [0, 0.05) is 19.6 Å². The van der Waals surface area contributed by atoms with Gasteiger partial charge >= 0.3 is 0 Å². The first-order valence-electron chi connectivity index (χ1n) is 6.32. The summed E-state index contributed by atoms with van der Waals surface area (Å²) in [6.07, 6.45) is 1.24. The van der Waals surface area contributed by atoms with Crippen molar-refractivity contribution in [2.45, 2.75) is 41.0 Å². The molecule has 0 aliphatic heterocycles. The second-order valence-electron chi connectivity index (χ2n) is 5.54. The predicted molar refractivity (Wildman–Crippen MR) is 69.3 cm³/mol. The highest BCUT2D eigenvalue weighted by Crippen LogP contribution is 2.21. The van der Waals surface area contributed by atoms with Crippen molar-refractivity contribution in [1.29, 1.82) is 0 Å². The van der Waals surface area contributed by atoms with Gasteiger partial charge in [-0.3, -0.25) is 0 Å². The lowest BCUT2D eigenvalue weighted by Crippen LogP contribution is -2.41. The molecule has 0 aromatic heterocycles. The van der Waals surface area contributed by atoms with Gasteiger partial charge in [-0.2, -0.15) is 0 Å². The molecule has 92 valence electrons. The second-order valence-corrected chi connectivity index (χ2v) is 5.54. The van der Waals surface area contributed by atoms with Crippen molar-refractivity contribution in [3.8, 4) is 0 Å². The zero-order valence-corrected chi connectivity index (χ0v) is 11.6. The fourth-order valence-corrected chi connectivity index (χ4v) is 2.06. The first kappa shape index (κ1) is 14.9. The quantitative estimate of drug-likeness (QED) is 0.668. The van der Waals surface area contributed by atoms with Crippen molar-refractivity contribution in [3.63, 3.8) is 0 Å². The summed E-state index contributed by atoms with van der Waals surface area (Å²) in [6, 6.07) is 0. The third-order valence-electron chi connectivity index (χ3n) is 2.98. The fourth-order valence-electron chi connectivity index (χ4n) is 2.06. The van der Waals surface area contributed by atoms with Gasteiger partial charge in [-0.15, -0.1) is 0 Å². The van der Waals surface area contributed by atoms with E-state index in [1.54, 1.807) is 0 Å². The lowest BCUT2D eigenvalue weighted by atomic mass is 9.86. The van der Waals surface area contributed by atoms with Crippen LogP contribution in [0, 0.1) is 11.3 Å². The average molecular weight is 214 g/mol. The van der Waals surface area contributed by atoms with Crippen LogP contribution in [0.2, 0.25) is 0 Å². The molecule has 0 saturated carbocycles. The highest BCUT2D eigenvalue weighted by molar-refractivity contribution is 4.78. The first-order chi connectivity index (χ1) is 6.93. The van der Waals surface area contributed by atoms with Gasteiger partial charge in [0.25, 0.3) is 0 Å². The maximum Gasteiger partial charge on any atom is 0.00444 e. The third kappa shape index (κ3) is 6.91. The van der Waals surface area contributed by atoms with E-state index in [9.17, 15) is 0 Å². The molecule has 0 bridgehead atoms. The molecule has 1 N–H and O–H groups in total. The SMILES string of the molecule is CCNCC(C)(CC)CN(C)CC(C)C. The zero-order valence-electron chi connectivity index (χ0n) is 11.6. The zero-order chi connectivity index (χ0) is 11.9. The van der Waals surface area contributed by atoms with Gasteiger partial charge in [0.2, 0.25) is 0 Å². The summed E-state index contributed by atoms with van der Waals surface area (Å²) in [4.78, 5) is 2.46. The molecular weight excluding hydrogens is 184 g/mol. The molecule has 2 heteroatoms. The Kier molecular flexibility index (Phi) is 7.20. The molecule has 0 aromatic rings. The van der Waals surface area contributed by atoms with Crippen molar-refractivity contribution in [2.75, 3.05) is 33.2 Å². The molecule has 0 amide bonds. The van der Waals surface area contributed by atoms with Gasteiger partial charge in [0.1, 0.15) is 0 Å². The molecule has 15 heavy (non-hydrogen) atoms. The summed E-state index contributed by atoms with van der Waals surface area (Å²) >= 11 is 0. The van der Waals surface area contributed by atoms with E-state index < -0.39 is 0 Å². The van der Waals surface area contributed by atoms with E-state index in [1.165, 1.54) is 19.5 Å². The largest absolute Gasteiger partial charge is 0.316 e. The number of nitrogens with zero attached hydrogens (tertiary/aromatic N) is 1. The van der Waals surface area contributed by atoms with Crippen LogP contribution in [0.5, 0.6) is 0 Å². The topological polar surface area (TPSA) is 15.3 Å². The Morgan fingerprint density at radius 1 is 1.27 bits per heavy atom. The van der Waals surface area contributed by atoms with Gasteiger partial charge < -0.3 is 10.2 Å². The lowest BCUT2D eigenvalue weighted by Gasteiger charge is -2.34. The summed E-state index contributed by atoms with van der Waals surface area (Å²) in [5.41, 5.74) is 0.416. The molecule has 0 fully saturated rings. The Hall–Kier alpha value is -0.0800. The second kappa shape index (κ2) is 7.24. The molecule has 0 spiro atoms. The maximum absolute atomic E-state index is 3.47. The van der Waals surface area contributed by atoms with Crippen LogP contribution in [-0.4, -0.2) is 38.1 Å². The van der Waals surface area contributed by atoms with E-state index in [2.05, 4.69) is 51.9 Å². The normalized spacial score (nSPS) is 16.0. The van der Waals surface area contributed by atoms with E-state index >= 15 is 0 Å². The Balaban J connectivity index is 4.05. The molecule has 0 aliphatic carbocycles. The number of hydrogen-bond acceptors (Lipinski definition) is 2. The van der Waals surface area contributed by atoms with Crippen molar-refractivity contribution in [3.05, 3.63) is 0 Å². The summed E-state index contributed by atoms with van der Waals surface area (Å²) in [7, 11) is 2.24. The fraction of sp³-hybridized carbons (Fsp3) is 1.00. The van der Waals surface area contributed by atoms with Crippen LogP contribution in [0.15, 0.2) is 0 Å².